The van der Waals surface area contributed by atoms with Crippen LogP contribution in [0, 0.1) is 31.6 Å². The molecule has 0 aromatic carbocycles. The van der Waals surface area contributed by atoms with Crippen molar-refractivity contribution in [2.75, 3.05) is 14.2 Å². The summed E-state index contributed by atoms with van der Waals surface area (Å²) in [5.41, 5.74) is 12.0. The van der Waals surface area contributed by atoms with Gasteiger partial charge >= 0.3 is 11.9 Å². The van der Waals surface area contributed by atoms with Crippen LogP contribution >= 0.6 is 0 Å². The Balaban J connectivity index is 1.70. The number of aldehydes is 1. The summed E-state index contributed by atoms with van der Waals surface area (Å²) in [6.07, 6.45) is 10.9. The normalized spacial score (nSPS) is 24.0. The van der Waals surface area contributed by atoms with E-state index in [0.717, 1.165) is 84.5 Å². The number of rotatable bonds is 7. The first-order chi connectivity index (χ1) is 21.6. The molecule has 4 N–H and O–H groups in total. The van der Waals surface area contributed by atoms with E-state index in [0.29, 0.717) is 24.8 Å². The van der Waals surface area contributed by atoms with Gasteiger partial charge in [-0.3, -0.25) is 14.4 Å². The number of aromatic amines is 3. The molecule has 0 saturated carbocycles. The maximum Gasteiger partial charge on any atom is 0.313 e. The largest absolute Gasteiger partial charge is 0.469 e. The van der Waals surface area contributed by atoms with E-state index in [1.54, 1.807) is 0 Å². The van der Waals surface area contributed by atoms with Crippen molar-refractivity contribution in [2.45, 2.75) is 53.4 Å². The van der Waals surface area contributed by atoms with Gasteiger partial charge in [-0.25, -0.2) is 0 Å². The van der Waals surface area contributed by atoms with E-state index in [2.05, 4.69) is 52.8 Å². The summed E-state index contributed by atoms with van der Waals surface area (Å²) in [5.74, 6) is -1.12. The van der Waals surface area contributed by atoms with Crippen LogP contribution in [-0.4, -0.2) is 47.4 Å². The predicted octanol–water partition coefficient (Wildman–Crippen LogP) is 4.18. The van der Waals surface area contributed by atoms with Crippen LogP contribution in [0.5, 0.6) is 0 Å². The van der Waals surface area contributed by atoms with E-state index in [1.165, 1.54) is 14.2 Å². The average Bonchev–Trinajstić information content (AvgIpc) is 3.80. The van der Waals surface area contributed by atoms with Crippen LogP contribution in [-0.2, 0) is 31.9 Å². The minimum Gasteiger partial charge on any atom is -0.469 e. The second-order valence-corrected chi connectivity index (χ2v) is 12.2. The average molecular weight is 609 g/mol. The third kappa shape index (κ3) is 4.81. The van der Waals surface area contributed by atoms with Gasteiger partial charge in [0.05, 0.1) is 25.5 Å². The second kappa shape index (κ2) is 11.6. The van der Waals surface area contributed by atoms with Crippen molar-refractivity contribution in [1.82, 2.24) is 20.3 Å². The first kappa shape index (κ1) is 30.2. The molecule has 3 aliphatic rings. The fourth-order valence-corrected chi connectivity index (χ4v) is 7.43. The number of hydrogen-bond donors (Lipinski definition) is 4. The molecular weight excluding hydrogens is 568 g/mol. The highest BCUT2D eigenvalue weighted by atomic mass is 16.5. The number of allylic oxidation sites excluding steroid dienone is 2. The molecule has 0 unspecified atom stereocenters. The first-order valence-electron chi connectivity index (χ1n) is 15.5. The van der Waals surface area contributed by atoms with Crippen LogP contribution in [0.4, 0.5) is 0 Å². The molecule has 3 atom stereocenters. The van der Waals surface area contributed by atoms with Gasteiger partial charge in [0.2, 0.25) is 0 Å². The third-order valence-electron chi connectivity index (χ3n) is 9.98. The third-order valence-corrected chi connectivity index (χ3v) is 9.98. The van der Waals surface area contributed by atoms with E-state index >= 15 is 0 Å². The molecule has 45 heavy (non-hydrogen) atoms. The minimum absolute atomic E-state index is 0.0129. The van der Waals surface area contributed by atoms with Crippen LogP contribution in [0.3, 0.4) is 0 Å². The lowest BCUT2D eigenvalue weighted by atomic mass is 9.85. The number of ether oxygens (including phenoxy) is 2. The summed E-state index contributed by atoms with van der Waals surface area (Å²) in [6, 6.07) is 0. The van der Waals surface area contributed by atoms with Gasteiger partial charge < -0.3 is 29.7 Å². The number of methoxy groups -OCH3 is 2. The maximum absolute atomic E-state index is 13.3. The lowest BCUT2D eigenvalue weighted by molar-refractivity contribution is -0.143. The molecule has 9 nitrogen and oxygen atoms in total. The zero-order chi connectivity index (χ0) is 32.2. The number of esters is 2. The zero-order valence-electron chi connectivity index (χ0n) is 26.7. The molecule has 3 aromatic heterocycles. The second-order valence-electron chi connectivity index (χ2n) is 12.2. The number of fused-ring (bicyclic) bond motifs is 7. The number of nitrogens with one attached hydrogen (secondary N) is 4. The van der Waals surface area contributed by atoms with Gasteiger partial charge in [0.15, 0.2) is 6.29 Å². The smallest absolute Gasteiger partial charge is 0.313 e. The van der Waals surface area contributed by atoms with E-state index in [9.17, 15) is 14.4 Å². The molecule has 0 radical (unpaired) electrons. The molecule has 6 rings (SSSR count). The summed E-state index contributed by atoms with van der Waals surface area (Å²) in [6.45, 7) is 12.4. The number of carbonyl (C=O) groups excluding carboxylic acids is 3. The van der Waals surface area contributed by atoms with E-state index in [-0.39, 0.29) is 30.2 Å². The molecule has 1 fully saturated rings. The molecule has 0 spiro atoms. The Hall–Kier alpha value is -4.79. The lowest BCUT2D eigenvalue weighted by Gasteiger charge is -2.20. The molecule has 2 aliphatic heterocycles. The summed E-state index contributed by atoms with van der Waals surface area (Å²) in [7, 11) is 2.83. The maximum atomic E-state index is 13.3. The van der Waals surface area contributed by atoms with E-state index in [1.807, 2.05) is 26.0 Å². The number of hydrogen-bond acceptors (Lipinski definition) is 6. The van der Waals surface area contributed by atoms with Gasteiger partial charge in [-0.1, -0.05) is 26.5 Å². The van der Waals surface area contributed by atoms with E-state index < -0.39 is 5.92 Å². The Kier molecular flexibility index (Phi) is 7.81. The molecule has 234 valence electrons. The Morgan fingerprint density at radius 1 is 0.978 bits per heavy atom. The summed E-state index contributed by atoms with van der Waals surface area (Å²) < 4.78 is 10.3. The lowest BCUT2D eigenvalue weighted by Crippen LogP contribution is -2.21. The van der Waals surface area contributed by atoms with Crippen molar-refractivity contribution >= 4 is 48.1 Å². The number of H-pyrrole nitrogens is 3. The molecular formula is C36H40N4O5. The molecule has 8 bridgehead atoms. The summed E-state index contributed by atoms with van der Waals surface area (Å²) in [5, 5.41) is 5.30. The molecule has 9 heteroatoms. The quantitative estimate of drug-likeness (QED) is 0.235. The van der Waals surface area contributed by atoms with Gasteiger partial charge in [-0.2, -0.15) is 0 Å². The van der Waals surface area contributed by atoms with Crippen LogP contribution < -0.4 is 16.0 Å². The summed E-state index contributed by atoms with van der Waals surface area (Å²) >= 11 is 0. The Labute approximate surface area is 262 Å². The topological polar surface area (TPSA) is 129 Å². The fraction of sp³-hybridized carbons (Fsp3) is 0.361. The highest BCUT2D eigenvalue weighted by Gasteiger charge is 2.43. The van der Waals surface area contributed by atoms with Gasteiger partial charge in [0.1, 0.15) is 0 Å². The Morgan fingerprint density at radius 2 is 1.71 bits per heavy atom. The van der Waals surface area contributed by atoms with Crippen molar-refractivity contribution in [3.05, 3.63) is 84.8 Å². The van der Waals surface area contributed by atoms with Crippen molar-refractivity contribution in [1.29, 1.82) is 0 Å². The number of aromatic nitrogens is 3. The first-order valence-corrected chi connectivity index (χ1v) is 15.5. The van der Waals surface area contributed by atoms with Crippen LogP contribution in [0.25, 0.3) is 29.9 Å². The molecule has 1 saturated heterocycles. The molecule has 0 amide bonds. The molecule has 5 heterocycles. The van der Waals surface area contributed by atoms with Gasteiger partial charge in [0, 0.05) is 74.5 Å². The van der Waals surface area contributed by atoms with Crippen molar-refractivity contribution in [3.63, 3.8) is 0 Å². The van der Waals surface area contributed by atoms with Crippen molar-refractivity contribution in [3.8, 4) is 0 Å². The van der Waals surface area contributed by atoms with Gasteiger partial charge in [0.25, 0.3) is 0 Å². The number of carbonyl (C=O) groups is 3. The van der Waals surface area contributed by atoms with Gasteiger partial charge in [-0.05, 0) is 73.6 Å². The molecule has 3 aromatic rings. The van der Waals surface area contributed by atoms with Gasteiger partial charge in [-0.15, -0.1) is 0 Å². The van der Waals surface area contributed by atoms with Crippen LogP contribution in [0.2, 0.25) is 0 Å². The standard InChI is InChI=1S/C36H40N4O5/c1-8-20-17(3)26-13-27-18(4)22(10-11-32(42)44-6)34(39-27)33-24(36(43)45-7)12-23-19(5)28(40-35(23)33)14-30-21(9-2)25(16-41)31(38-30)15-29(20)37-26/h8,13-16,18,22,24,37-40H,1,9-12H2,2-7H3/b27-13-,30-14-,31-15-,34-33-/t18-,22-,24-/m0/s1. The van der Waals surface area contributed by atoms with Crippen LogP contribution in [0.1, 0.15) is 87.6 Å². The fourth-order valence-electron chi connectivity index (χ4n) is 7.43. The van der Waals surface area contributed by atoms with Crippen molar-refractivity contribution < 1.29 is 23.9 Å². The Bertz CT molecular complexity index is 1950. The minimum atomic E-state index is -0.497. The molecule has 1 aliphatic carbocycles. The summed E-state index contributed by atoms with van der Waals surface area (Å²) in [4.78, 5) is 48.8. The predicted molar refractivity (Wildman–Crippen MR) is 174 cm³/mol. The highest BCUT2D eigenvalue weighted by molar-refractivity contribution is 5.94. The van der Waals surface area contributed by atoms with E-state index in [4.69, 9.17) is 9.47 Å². The Morgan fingerprint density at radius 3 is 2.38 bits per heavy atom. The zero-order valence-corrected chi connectivity index (χ0v) is 26.7. The van der Waals surface area contributed by atoms with Crippen molar-refractivity contribution in [2.24, 2.45) is 17.8 Å². The highest BCUT2D eigenvalue weighted by Crippen LogP contribution is 2.48. The monoisotopic (exact) mass is 608 g/mol. The SMILES string of the molecule is C=Cc1c2[nH]c(c1C)/C=C1\N/C(=C3\c4[nH]c(c(C)c4C[C@@H]3C(=O)OC)/C=c3\[nH]/c(c(C=O)c3CC)=C\2)[C@@H](CCC(=O)OC)[C@@H]1C. The van der Waals surface area contributed by atoms with Crippen LogP contribution in [0.15, 0.2) is 18.0 Å².